The van der Waals surface area contributed by atoms with E-state index in [1.54, 1.807) is 12.1 Å². The number of nitrogens with one attached hydrogen (secondary N) is 2. The van der Waals surface area contributed by atoms with Crippen LogP contribution in [0.2, 0.25) is 0 Å². The molecule has 1 unspecified atom stereocenters. The van der Waals surface area contributed by atoms with Crippen LogP contribution in [0, 0.1) is 5.82 Å². The Morgan fingerprint density at radius 1 is 1.26 bits per heavy atom. The standard InChI is InChI=1S/C15H23FN2O/c1-11(12-5-7-13(16)8-6-12)18-14(19)9-10-17-15(2,3)4/h5-8,11,17H,9-10H2,1-4H3,(H,18,19). The molecule has 1 aromatic rings. The predicted octanol–water partition coefficient (Wildman–Crippen LogP) is 2.78. The van der Waals surface area contributed by atoms with Gasteiger partial charge in [0.25, 0.3) is 0 Å². The Morgan fingerprint density at radius 3 is 2.37 bits per heavy atom. The molecule has 1 aromatic carbocycles. The highest BCUT2D eigenvalue weighted by Crippen LogP contribution is 2.12. The van der Waals surface area contributed by atoms with Crippen LogP contribution >= 0.6 is 0 Å². The summed E-state index contributed by atoms with van der Waals surface area (Å²) in [5.41, 5.74) is 0.918. The molecule has 0 saturated heterocycles. The van der Waals surface area contributed by atoms with Crippen LogP contribution in [-0.4, -0.2) is 18.0 Å². The normalized spacial score (nSPS) is 13.1. The van der Waals surface area contributed by atoms with Crippen molar-refractivity contribution in [2.24, 2.45) is 0 Å². The van der Waals surface area contributed by atoms with Gasteiger partial charge in [0.2, 0.25) is 5.91 Å². The Morgan fingerprint density at radius 2 is 1.84 bits per heavy atom. The molecule has 1 rings (SSSR count). The second kappa shape index (κ2) is 6.66. The summed E-state index contributed by atoms with van der Waals surface area (Å²) in [6, 6.07) is 6.07. The van der Waals surface area contributed by atoms with E-state index in [0.29, 0.717) is 13.0 Å². The van der Waals surface area contributed by atoms with Gasteiger partial charge in [-0.05, 0) is 45.4 Å². The lowest BCUT2D eigenvalue weighted by molar-refractivity contribution is -0.121. The molecular formula is C15H23FN2O. The van der Waals surface area contributed by atoms with Crippen molar-refractivity contribution in [3.8, 4) is 0 Å². The van der Waals surface area contributed by atoms with Gasteiger partial charge in [-0.3, -0.25) is 4.79 Å². The molecule has 0 fully saturated rings. The predicted molar refractivity (Wildman–Crippen MR) is 75.3 cm³/mol. The van der Waals surface area contributed by atoms with Gasteiger partial charge in [-0.15, -0.1) is 0 Å². The molecule has 1 amide bonds. The monoisotopic (exact) mass is 266 g/mol. The zero-order valence-electron chi connectivity index (χ0n) is 12.1. The molecule has 106 valence electrons. The molecule has 0 bridgehead atoms. The largest absolute Gasteiger partial charge is 0.350 e. The van der Waals surface area contributed by atoms with Crippen molar-refractivity contribution >= 4 is 5.91 Å². The van der Waals surface area contributed by atoms with Crippen molar-refractivity contribution < 1.29 is 9.18 Å². The molecule has 0 aliphatic heterocycles. The molecule has 0 aliphatic carbocycles. The Hall–Kier alpha value is -1.42. The first-order valence-corrected chi connectivity index (χ1v) is 6.58. The van der Waals surface area contributed by atoms with Crippen molar-refractivity contribution in [2.45, 2.75) is 45.7 Å². The molecule has 0 spiro atoms. The molecule has 0 radical (unpaired) electrons. The van der Waals surface area contributed by atoms with Crippen LogP contribution in [0.4, 0.5) is 4.39 Å². The van der Waals surface area contributed by atoms with Crippen molar-refractivity contribution in [2.75, 3.05) is 6.54 Å². The first-order valence-electron chi connectivity index (χ1n) is 6.58. The fourth-order valence-corrected chi connectivity index (χ4v) is 1.70. The first-order chi connectivity index (χ1) is 8.78. The lowest BCUT2D eigenvalue weighted by atomic mass is 10.1. The van der Waals surface area contributed by atoms with Gasteiger partial charge in [-0.1, -0.05) is 12.1 Å². The molecule has 19 heavy (non-hydrogen) atoms. The third kappa shape index (κ3) is 6.34. The average molecular weight is 266 g/mol. The minimum Gasteiger partial charge on any atom is -0.350 e. The summed E-state index contributed by atoms with van der Waals surface area (Å²) in [4.78, 5) is 11.8. The fourth-order valence-electron chi connectivity index (χ4n) is 1.70. The van der Waals surface area contributed by atoms with Crippen LogP contribution in [0.5, 0.6) is 0 Å². The minimum absolute atomic E-state index is 0.00595. The van der Waals surface area contributed by atoms with Gasteiger partial charge in [-0.25, -0.2) is 4.39 Å². The van der Waals surface area contributed by atoms with Gasteiger partial charge in [0.05, 0.1) is 6.04 Å². The first kappa shape index (κ1) is 15.6. The zero-order valence-corrected chi connectivity index (χ0v) is 12.1. The van der Waals surface area contributed by atoms with E-state index in [1.807, 2.05) is 6.92 Å². The molecule has 0 aromatic heterocycles. The molecule has 0 heterocycles. The fraction of sp³-hybridized carbons (Fsp3) is 0.533. The lowest BCUT2D eigenvalue weighted by Crippen LogP contribution is -2.38. The summed E-state index contributed by atoms with van der Waals surface area (Å²) in [5, 5.41) is 6.16. The van der Waals surface area contributed by atoms with E-state index in [4.69, 9.17) is 0 Å². The molecule has 0 aliphatic rings. The molecule has 0 saturated carbocycles. The molecular weight excluding hydrogens is 243 g/mol. The number of carbonyl (C=O) groups excluding carboxylic acids is 1. The van der Waals surface area contributed by atoms with Crippen molar-refractivity contribution in [1.29, 1.82) is 0 Å². The van der Waals surface area contributed by atoms with Gasteiger partial charge < -0.3 is 10.6 Å². The summed E-state index contributed by atoms with van der Waals surface area (Å²) in [6.45, 7) is 8.72. The van der Waals surface area contributed by atoms with Crippen molar-refractivity contribution in [1.82, 2.24) is 10.6 Å². The highest BCUT2D eigenvalue weighted by molar-refractivity contribution is 5.76. The highest BCUT2D eigenvalue weighted by Gasteiger charge is 2.12. The SMILES string of the molecule is CC(NC(=O)CCNC(C)(C)C)c1ccc(F)cc1. The van der Waals surface area contributed by atoms with E-state index in [-0.39, 0.29) is 23.3 Å². The molecule has 2 N–H and O–H groups in total. The van der Waals surface area contributed by atoms with Gasteiger partial charge in [-0.2, -0.15) is 0 Å². The van der Waals surface area contributed by atoms with Gasteiger partial charge in [0.1, 0.15) is 5.82 Å². The number of benzene rings is 1. The molecule has 4 heteroatoms. The van der Waals surface area contributed by atoms with Gasteiger partial charge in [0.15, 0.2) is 0 Å². The smallest absolute Gasteiger partial charge is 0.221 e. The summed E-state index contributed by atoms with van der Waals surface area (Å²) >= 11 is 0. The third-order valence-electron chi connectivity index (χ3n) is 2.75. The summed E-state index contributed by atoms with van der Waals surface area (Å²) in [7, 11) is 0. The van der Waals surface area contributed by atoms with E-state index < -0.39 is 0 Å². The highest BCUT2D eigenvalue weighted by atomic mass is 19.1. The van der Waals surface area contributed by atoms with Crippen molar-refractivity contribution in [3.63, 3.8) is 0 Å². The maximum atomic E-state index is 12.8. The van der Waals surface area contributed by atoms with E-state index in [2.05, 4.69) is 31.4 Å². The second-order valence-electron chi connectivity index (χ2n) is 5.77. The van der Waals surface area contributed by atoms with E-state index in [0.717, 1.165) is 5.56 Å². The molecule has 1 atom stereocenters. The van der Waals surface area contributed by atoms with Crippen LogP contribution in [0.3, 0.4) is 0 Å². The zero-order chi connectivity index (χ0) is 14.5. The van der Waals surface area contributed by atoms with Crippen LogP contribution in [-0.2, 0) is 4.79 Å². The van der Waals surface area contributed by atoms with Crippen LogP contribution in [0.1, 0.15) is 45.7 Å². The minimum atomic E-state index is -0.267. The Kier molecular flexibility index (Phi) is 5.48. The number of hydrogen-bond acceptors (Lipinski definition) is 2. The van der Waals surface area contributed by atoms with Gasteiger partial charge >= 0.3 is 0 Å². The van der Waals surface area contributed by atoms with Crippen LogP contribution in [0.25, 0.3) is 0 Å². The number of hydrogen-bond donors (Lipinski definition) is 2. The summed E-state index contributed by atoms with van der Waals surface area (Å²) in [5.74, 6) is -0.273. The van der Waals surface area contributed by atoms with Crippen molar-refractivity contribution in [3.05, 3.63) is 35.6 Å². The van der Waals surface area contributed by atoms with E-state index in [9.17, 15) is 9.18 Å². The topological polar surface area (TPSA) is 41.1 Å². The lowest BCUT2D eigenvalue weighted by Gasteiger charge is -2.20. The maximum Gasteiger partial charge on any atom is 0.221 e. The summed E-state index contributed by atoms with van der Waals surface area (Å²) < 4.78 is 12.8. The van der Waals surface area contributed by atoms with Crippen LogP contribution in [0.15, 0.2) is 24.3 Å². The third-order valence-corrected chi connectivity index (χ3v) is 2.75. The Labute approximate surface area is 114 Å². The Bertz CT molecular complexity index is 409. The maximum absolute atomic E-state index is 12.8. The second-order valence-corrected chi connectivity index (χ2v) is 5.77. The molecule has 3 nitrogen and oxygen atoms in total. The number of amides is 1. The van der Waals surface area contributed by atoms with E-state index in [1.165, 1.54) is 12.1 Å². The quantitative estimate of drug-likeness (QED) is 0.860. The van der Waals surface area contributed by atoms with E-state index >= 15 is 0 Å². The summed E-state index contributed by atoms with van der Waals surface area (Å²) in [6.07, 6.45) is 0.433. The number of carbonyl (C=O) groups is 1. The van der Waals surface area contributed by atoms with Gasteiger partial charge in [0, 0.05) is 18.5 Å². The average Bonchev–Trinajstić information content (AvgIpc) is 2.27. The number of rotatable bonds is 5. The van der Waals surface area contributed by atoms with Crippen LogP contribution < -0.4 is 10.6 Å². The number of halogens is 1. The Balaban J connectivity index is 2.38.